The van der Waals surface area contributed by atoms with Gasteiger partial charge in [-0.15, -0.1) is 0 Å². The summed E-state index contributed by atoms with van der Waals surface area (Å²) in [6.07, 6.45) is 0. The van der Waals surface area contributed by atoms with Crippen molar-refractivity contribution < 1.29 is 15.7 Å². The van der Waals surface area contributed by atoms with Crippen LogP contribution in [0.15, 0.2) is 0 Å². The van der Waals surface area contributed by atoms with E-state index in [9.17, 15) is 8.42 Å². The quantitative estimate of drug-likeness (QED) is 0.379. The van der Waals surface area contributed by atoms with Gasteiger partial charge >= 0.3 is 10.4 Å². The van der Waals surface area contributed by atoms with Crippen molar-refractivity contribution in [2.75, 3.05) is 0 Å². The summed E-state index contributed by atoms with van der Waals surface area (Å²) in [7, 11) is -3.62. The maximum atomic E-state index is 9.94. The highest BCUT2D eigenvalue weighted by Gasteiger charge is 2.22. The van der Waals surface area contributed by atoms with E-state index in [1.165, 1.54) is 0 Å². The Morgan fingerprint density at radius 3 is 1.71 bits per heavy atom. The van der Waals surface area contributed by atoms with Crippen LogP contribution in [0.1, 0.15) is 0 Å². The standard InChI is InChI=1S/O4S3/c1-7(2)3-5-6-4-7. The topological polar surface area (TPSA) is 52.6 Å². The van der Waals surface area contributed by atoms with Gasteiger partial charge in [0.15, 0.2) is 0 Å². The minimum Gasteiger partial charge on any atom is -0.167 e. The van der Waals surface area contributed by atoms with E-state index in [0.717, 1.165) is 0 Å². The van der Waals surface area contributed by atoms with E-state index >= 15 is 0 Å². The molecular formula is O4S3. The Hall–Kier alpha value is 0.570. The summed E-state index contributed by atoms with van der Waals surface area (Å²) in [4.78, 5) is 0. The van der Waals surface area contributed by atoms with E-state index < -0.39 is 10.4 Å². The Bertz CT molecular complexity index is 130. The van der Waals surface area contributed by atoms with Crippen molar-refractivity contribution in [2.24, 2.45) is 0 Å². The molecule has 42 valence electrons. The molecule has 0 saturated carbocycles. The fraction of sp³-hybridized carbons (Fsp3) is 0. The largest absolute Gasteiger partial charge is 0.423 e. The fourth-order valence-corrected chi connectivity index (χ4v) is 2.76. The minimum absolute atomic E-state index is 0.687. The van der Waals surface area contributed by atoms with Crippen LogP contribution in [0.4, 0.5) is 0 Å². The normalized spacial score (nSPS) is 28.0. The van der Waals surface area contributed by atoms with Gasteiger partial charge in [0.05, 0.1) is 0 Å². The molecule has 1 aliphatic rings. The maximum Gasteiger partial charge on any atom is 0.423 e. The smallest absolute Gasteiger partial charge is 0.167 e. The molecule has 0 radical (unpaired) electrons. The number of hydrogen-bond acceptors (Lipinski definition) is 6. The summed E-state index contributed by atoms with van der Waals surface area (Å²) in [6, 6.07) is 0. The molecule has 0 atom stereocenters. The van der Waals surface area contributed by atoms with Gasteiger partial charge in [0, 0.05) is 0 Å². The summed E-state index contributed by atoms with van der Waals surface area (Å²) >= 11 is 1.37. The Labute approximate surface area is 48.7 Å². The zero-order valence-corrected chi connectivity index (χ0v) is 5.31. The molecule has 0 aromatic carbocycles. The van der Waals surface area contributed by atoms with Crippen LogP contribution >= 0.6 is 22.1 Å². The molecule has 0 amide bonds. The van der Waals surface area contributed by atoms with Crippen molar-refractivity contribution in [3.63, 3.8) is 0 Å². The molecular weight excluding hydrogens is 160 g/mol. The Balaban J connectivity index is 2.76. The van der Waals surface area contributed by atoms with Crippen LogP contribution < -0.4 is 0 Å². The summed E-state index contributed by atoms with van der Waals surface area (Å²) < 4.78 is 27.8. The molecule has 7 heteroatoms. The van der Waals surface area contributed by atoms with Crippen LogP contribution in [0.5, 0.6) is 0 Å². The second kappa shape index (κ2) is 1.82. The molecule has 0 bridgehead atoms. The second-order valence-corrected chi connectivity index (χ2v) is 3.67. The van der Waals surface area contributed by atoms with Gasteiger partial charge in [-0.05, 0) is 0 Å². The SMILES string of the molecule is O=S1(=O)OSSO1. The molecule has 0 aliphatic carbocycles. The first-order valence-electron chi connectivity index (χ1n) is 1.17. The molecule has 1 aliphatic heterocycles. The molecule has 1 heterocycles. The first-order valence-corrected chi connectivity index (χ1v) is 4.50. The van der Waals surface area contributed by atoms with Crippen LogP contribution in [0.25, 0.3) is 0 Å². The lowest BCUT2D eigenvalue weighted by atomic mass is 15.8. The molecule has 7 heavy (non-hydrogen) atoms. The summed E-state index contributed by atoms with van der Waals surface area (Å²) in [6.45, 7) is 0. The first-order chi connectivity index (χ1) is 3.21. The molecule has 0 aromatic rings. The fourth-order valence-electron chi connectivity index (χ4n) is 0.102. The van der Waals surface area contributed by atoms with Crippen LogP contribution in [-0.2, 0) is 17.7 Å². The second-order valence-electron chi connectivity index (χ2n) is 0.680. The zero-order chi connectivity index (χ0) is 5.33. The Morgan fingerprint density at radius 1 is 1.14 bits per heavy atom. The molecule has 4 nitrogen and oxygen atoms in total. The van der Waals surface area contributed by atoms with Gasteiger partial charge in [-0.3, -0.25) is 0 Å². The van der Waals surface area contributed by atoms with Crippen LogP contribution in [-0.4, -0.2) is 8.42 Å². The summed E-state index contributed by atoms with van der Waals surface area (Å²) in [5, 5.41) is 0. The molecule has 0 aromatic heterocycles. The highest BCUT2D eigenvalue weighted by atomic mass is 33.1. The molecule has 0 N–H and O–H groups in total. The van der Waals surface area contributed by atoms with Crippen molar-refractivity contribution in [1.82, 2.24) is 0 Å². The van der Waals surface area contributed by atoms with E-state index in [4.69, 9.17) is 0 Å². The van der Waals surface area contributed by atoms with Gasteiger partial charge in [-0.2, -0.15) is 15.7 Å². The van der Waals surface area contributed by atoms with Crippen LogP contribution in [0.3, 0.4) is 0 Å². The van der Waals surface area contributed by atoms with Gasteiger partial charge in [-0.25, -0.2) is 0 Å². The van der Waals surface area contributed by atoms with Gasteiger partial charge in [-0.1, -0.05) is 0 Å². The third-order valence-electron chi connectivity index (χ3n) is 0.250. The van der Waals surface area contributed by atoms with Crippen molar-refractivity contribution in [1.29, 1.82) is 0 Å². The molecule has 1 rings (SSSR count). The lowest BCUT2D eigenvalue weighted by molar-refractivity contribution is 0.450. The summed E-state index contributed by atoms with van der Waals surface area (Å²) in [5.74, 6) is 0. The predicted molar refractivity (Wildman–Crippen MR) is 26.3 cm³/mol. The average molecular weight is 160 g/mol. The van der Waals surface area contributed by atoms with E-state index in [1.807, 2.05) is 0 Å². The van der Waals surface area contributed by atoms with Gasteiger partial charge < -0.3 is 0 Å². The van der Waals surface area contributed by atoms with Gasteiger partial charge in [0.2, 0.25) is 0 Å². The number of hydrogen-bond donors (Lipinski definition) is 0. The van der Waals surface area contributed by atoms with Gasteiger partial charge in [0.1, 0.15) is 22.1 Å². The van der Waals surface area contributed by atoms with E-state index in [2.05, 4.69) is 7.26 Å². The van der Waals surface area contributed by atoms with Gasteiger partial charge in [0.25, 0.3) is 0 Å². The highest BCUT2D eigenvalue weighted by Crippen LogP contribution is 2.36. The Kier molecular flexibility index (Phi) is 1.49. The number of rotatable bonds is 0. The highest BCUT2D eigenvalue weighted by molar-refractivity contribution is 8.76. The lowest BCUT2D eigenvalue weighted by Gasteiger charge is -1.77. The molecule has 0 unspecified atom stereocenters. The zero-order valence-electron chi connectivity index (χ0n) is 2.86. The minimum atomic E-state index is -3.62. The van der Waals surface area contributed by atoms with Crippen LogP contribution in [0.2, 0.25) is 0 Å². The Morgan fingerprint density at radius 2 is 1.57 bits per heavy atom. The van der Waals surface area contributed by atoms with Crippen molar-refractivity contribution in [3.05, 3.63) is 0 Å². The molecule has 1 fully saturated rings. The lowest BCUT2D eigenvalue weighted by Crippen LogP contribution is -1.91. The van der Waals surface area contributed by atoms with Crippen LogP contribution in [0, 0.1) is 0 Å². The molecule has 0 spiro atoms. The van der Waals surface area contributed by atoms with E-state index in [-0.39, 0.29) is 0 Å². The van der Waals surface area contributed by atoms with Crippen molar-refractivity contribution in [3.8, 4) is 0 Å². The third-order valence-corrected chi connectivity index (χ3v) is 3.25. The maximum absolute atomic E-state index is 9.94. The predicted octanol–water partition coefficient (Wildman–Crippen LogP) is 0.489. The van der Waals surface area contributed by atoms with E-state index in [1.54, 1.807) is 0 Å². The monoisotopic (exact) mass is 160 g/mol. The average Bonchev–Trinajstić information content (AvgIpc) is 1.84. The first kappa shape index (κ1) is 5.70. The molecule has 1 saturated heterocycles. The van der Waals surface area contributed by atoms with Crippen molar-refractivity contribution >= 4 is 32.5 Å². The van der Waals surface area contributed by atoms with Crippen molar-refractivity contribution in [2.45, 2.75) is 0 Å². The summed E-state index contributed by atoms with van der Waals surface area (Å²) in [5.41, 5.74) is 0. The third kappa shape index (κ3) is 1.50. The van der Waals surface area contributed by atoms with E-state index in [0.29, 0.717) is 22.1 Å².